The van der Waals surface area contributed by atoms with Gasteiger partial charge in [0.2, 0.25) is 0 Å². The predicted octanol–water partition coefficient (Wildman–Crippen LogP) is 4.87. The van der Waals surface area contributed by atoms with Crippen molar-refractivity contribution in [3.8, 4) is 0 Å². The lowest BCUT2D eigenvalue weighted by Crippen LogP contribution is -2.27. The van der Waals surface area contributed by atoms with Gasteiger partial charge in [-0.05, 0) is 37.0 Å². The van der Waals surface area contributed by atoms with Gasteiger partial charge in [0, 0.05) is 23.4 Å². The van der Waals surface area contributed by atoms with Gasteiger partial charge in [0.1, 0.15) is 5.82 Å². The van der Waals surface area contributed by atoms with Crippen molar-refractivity contribution >= 4 is 34.5 Å². The third-order valence-electron chi connectivity index (χ3n) is 4.86. The summed E-state index contributed by atoms with van der Waals surface area (Å²) in [6.45, 7) is 15.9. The first-order valence-corrected chi connectivity index (χ1v) is 12.0. The smallest absolute Gasteiger partial charge is 0.251 e. The molecule has 32 heavy (non-hydrogen) atoms. The van der Waals surface area contributed by atoms with E-state index in [0.29, 0.717) is 23.9 Å². The number of anilines is 1. The van der Waals surface area contributed by atoms with Crippen LogP contribution in [-0.2, 0) is 12.0 Å². The topological polar surface area (TPSA) is 84.7 Å². The molecule has 2 aromatic heterocycles. The van der Waals surface area contributed by atoms with Crippen LogP contribution in [0.25, 0.3) is 11.0 Å². The first-order chi connectivity index (χ1) is 15.0. The van der Waals surface area contributed by atoms with E-state index in [1.54, 1.807) is 18.0 Å². The average molecular weight is 455 g/mol. The summed E-state index contributed by atoms with van der Waals surface area (Å²) < 4.78 is 1.83. The van der Waals surface area contributed by atoms with Gasteiger partial charge in [-0.1, -0.05) is 58.5 Å². The van der Waals surface area contributed by atoms with Crippen LogP contribution >= 0.6 is 11.8 Å². The maximum atomic E-state index is 12.6. The molecular formula is C24H34N6OS. The zero-order chi connectivity index (χ0) is 23.5. The summed E-state index contributed by atoms with van der Waals surface area (Å²) in [4.78, 5) is 22.0. The number of hydrogen-bond donors (Lipinski definition) is 2. The minimum atomic E-state index is -0.0882. The maximum Gasteiger partial charge on any atom is 0.251 e. The van der Waals surface area contributed by atoms with Crippen LogP contribution in [0.4, 0.5) is 5.82 Å². The molecule has 0 aliphatic carbocycles. The predicted molar refractivity (Wildman–Crippen MR) is 133 cm³/mol. The van der Waals surface area contributed by atoms with E-state index < -0.39 is 0 Å². The van der Waals surface area contributed by atoms with Gasteiger partial charge >= 0.3 is 0 Å². The van der Waals surface area contributed by atoms with E-state index in [1.165, 1.54) is 5.56 Å². The average Bonchev–Trinajstić information content (AvgIpc) is 3.09. The van der Waals surface area contributed by atoms with Gasteiger partial charge in [-0.15, -0.1) is 0 Å². The molecule has 0 radical (unpaired) electrons. The van der Waals surface area contributed by atoms with Crippen molar-refractivity contribution in [2.45, 2.75) is 76.9 Å². The van der Waals surface area contributed by atoms with Crippen molar-refractivity contribution in [1.82, 2.24) is 25.1 Å². The molecule has 1 aromatic carbocycles. The number of carbonyl (C=O) groups excluding carboxylic acids is 1. The van der Waals surface area contributed by atoms with Crippen molar-refractivity contribution in [1.29, 1.82) is 0 Å². The van der Waals surface area contributed by atoms with E-state index in [2.05, 4.69) is 69.2 Å². The Morgan fingerprint density at radius 2 is 1.78 bits per heavy atom. The van der Waals surface area contributed by atoms with Gasteiger partial charge in [0.15, 0.2) is 10.8 Å². The molecule has 2 N–H and O–H groups in total. The van der Waals surface area contributed by atoms with Gasteiger partial charge in [-0.25, -0.2) is 14.6 Å². The van der Waals surface area contributed by atoms with Crippen LogP contribution in [0, 0.1) is 0 Å². The molecule has 172 valence electrons. The highest BCUT2D eigenvalue weighted by atomic mass is 32.2. The van der Waals surface area contributed by atoms with Crippen LogP contribution in [0.3, 0.4) is 0 Å². The van der Waals surface area contributed by atoms with Crippen molar-refractivity contribution < 1.29 is 4.79 Å². The van der Waals surface area contributed by atoms with Crippen LogP contribution in [0.15, 0.2) is 35.6 Å². The minimum absolute atomic E-state index is 0.0635. The number of carbonyl (C=O) groups is 1. The molecule has 0 spiro atoms. The second-order valence-electron chi connectivity index (χ2n) is 9.51. The molecule has 0 saturated carbocycles. The third-order valence-corrected chi connectivity index (χ3v) is 5.73. The number of rotatable bonds is 8. The zero-order valence-corrected chi connectivity index (χ0v) is 20.9. The Balaban J connectivity index is 1.72. The molecule has 2 heterocycles. The number of thioether (sulfide) groups is 1. The van der Waals surface area contributed by atoms with E-state index in [0.717, 1.165) is 22.0 Å². The Hall–Kier alpha value is -2.61. The lowest BCUT2D eigenvalue weighted by atomic mass is 9.87. The molecule has 0 fully saturated rings. The van der Waals surface area contributed by atoms with Gasteiger partial charge in [-0.3, -0.25) is 4.79 Å². The standard InChI is InChI=1S/C24H34N6OS/c1-15(2)27-20-19-14-26-30(21(19)29-23(28-20)32-16(3)4)13-12-25-22(31)17-8-10-18(11-9-17)24(5,6)7/h8-11,14-16H,12-13H2,1-7H3,(H,25,31)(H,27,28,29). The van der Waals surface area contributed by atoms with Crippen molar-refractivity contribution in [3.05, 3.63) is 41.6 Å². The Bertz CT molecular complexity index is 1070. The summed E-state index contributed by atoms with van der Waals surface area (Å²) in [5.41, 5.74) is 2.70. The van der Waals surface area contributed by atoms with Crippen molar-refractivity contribution in [2.24, 2.45) is 0 Å². The molecule has 3 rings (SSSR count). The fourth-order valence-electron chi connectivity index (χ4n) is 3.24. The first kappa shape index (κ1) is 24.0. The SMILES string of the molecule is CC(C)Nc1nc(SC(C)C)nc2c1cnn2CCNC(=O)c1ccc(C(C)(C)C)cc1. The van der Waals surface area contributed by atoms with Crippen LogP contribution < -0.4 is 10.6 Å². The van der Waals surface area contributed by atoms with Crippen LogP contribution in [0.5, 0.6) is 0 Å². The summed E-state index contributed by atoms with van der Waals surface area (Å²) in [5.74, 6) is 0.706. The summed E-state index contributed by atoms with van der Waals surface area (Å²) in [6, 6.07) is 8.04. The quantitative estimate of drug-likeness (QED) is 0.373. The molecule has 7 nitrogen and oxygen atoms in total. The summed E-state index contributed by atoms with van der Waals surface area (Å²) in [7, 11) is 0. The molecule has 0 saturated heterocycles. The number of amides is 1. The van der Waals surface area contributed by atoms with E-state index in [4.69, 9.17) is 4.98 Å². The number of fused-ring (bicyclic) bond motifs is 1. The molecule has 1 amide bonds. The molecule has 0 atom stereocenters. The second kappa shape index (κ2) is 9.90. The highest BCUT2D eigenvalue weighted by Gasteiger charge is 2.16. The summed E-state index contributed by atoms with van der Waals surface area (Å²) in [6.07, 6.45) is 1.79. The lowest BCUT2D eigenvalue weighted by Gasteiger charge is -2.19. The van der Waals surface area contributed by atoms with Crippen LogP contribution in [-0.4, -0.2) is 43.5 Å². The third kappa shape index (κ3) is 6.00. The molecular weight excluding hydrogens is 420 g/mol. The number of aromatic nitrogens is 4. The van der Waals surface area contributed by atoms with Gasteiger partial charge < -0.3 is 10.6 Å². The van der Waals surface area contributed by atoms with Crippen molar-refractivity contribution in [2.75, 3.05) is 11.9 Å². The molecule has 0 aliphatic heterocycles. The normalized spacial score (nSPS) is 12.0. The Morgan fingerprint density at radius 1 is 1.09 bits per heavy atom. The summed E-state index contributed by atoms with van der Waals surface area (Å²) >= 11 is 1.62. The van der Waals surface area contributed by atoms with Crippen LogP contribution in [0.2, 0.25) is 0 Å². The van der Waals surface area contributed by atoms with Gasteiger partial charge in [-0.2, -0.15) is 5.10 Å². The molecule has 8 heteroatoms. The fraction of sp³-hybridized carbons (Fsp3) is 0.500. The summed E-state index contributed by atoms with van der Waals surface area (Å²) in [5, 5.41) is 12.9. The number of nitrogens with zero attached hydrogens (tertiary/aromatic N) is 4. The Kier molecular flexibility index (Phi) is 7.44. The van der Waals surface area contributed by atoms with E-state index in [1.807, 2.05) is 28.9 Å². The Labute approximate surface area is 194 Å². The molecule has 0 unspecified atom stereocenters. The van der Waals surface area contributed by atoms with Crippen molar-refractivity contribution in [3.63, 3.8) is 0 Å². The minimum Gasteiger partial charge on any atom is -0.367 e. The zero-order valence-electron chi connectivity index (χ0n) is 20.1. The monoisotopic (exact) mass is 454 g/mol. The molecule has 0 aliphatic rings. The van der Waals surface area contributed by atoms with Crippen LogP contribution in [0.1, 0.15) is 64.4 Å². The maximum absolute atomic E-state index is 12.6. The first-order valence-electron chi connectivity index (χ1n) is 11.1. The largest absolute Gasteiger partial charge is 0.367 e. The van der Waals surface area contributed by atoms with Gasteiger partial charge in [0.05, 0.1) is 18.1 Å². The highest BCUT2D eigenvalue weighted by molar-refractivity contribution is 7.99. The van der Waals surface area contributed by atoms with E-state index in [-0.39, 0.29) is 17.4 Å². The Morgan fingerprint density at radius 3 is 2.38 bits per heavy atom. The number of benzene rings is 1. The number of nitrogens with one attached hydrogen (secondary N) is 2. The van der Waals surface area contributed by atoms with Gasteiger partial charge in [0.25, 0.3) is 5.91 Å². The fourth-order valence-corrected chi connectivity index (χ4v) is 3.95. The number of hydrogen-bond acceptors (Lipinski definition) is 6. The highest BCUT2D eigenvalue weighted by Crippen LogP contribution is 2.27. The molecule has 3 aromatic rings. The lowest BCUT2D eigenvalue weighted by molar-refractivity contribution is 0.0952. The second-order valence-corrected chi connectivity index (χ2v) is 11.1. The molecule has 0 bridgehead atoms. The van der Waals surface area contributed by atoms with E-state index in [9.17, 15) is 4.79 Å². The van der Waals surface area contributed by atoms with E-state index >= 15 is 0 Å².